The Labute approximate surface area is 123 Å². The second-order valence-corrected chi connectivity index (χ2v) is 5.16. The highest BCUT2D eigenvalue weighted by Gasteiger charge is 2.17. The summed E-state index contributed by atoms with van der Waals surface area (Å²) in [7, 11) is 0. The number of benzene rings is 1. The topological polar surface area (TPSA) is 81.2 Å². The second kappa shape index (κ2) is 6.05. The van der Waals surface area contributed by atoms with Crippen LogP contribution in [-0.4, -0.2) is 10.1 Å². The number of nitrogens with zero attached hydrogens (tertiary/aromatic N) is 2. The molecule has 1 aromatic carbocycles. The Kier molecular flexibility index (Phi) is 4.37. The Morgan fingerprint density at radius 3 is 2.67 bits per heavy atom. The lowest BCUT2D eigenvalue weighted by Crippen LogP contribution is -2.19. The Morgan fingerprint density at radius 2 is 2.10 bits per heavy atom. The first kappa shape index (κ1) is 15.2. The largest absolute Gasteiger partial charge is 0.361 e. The fourth-order valence-corrected chi connectivity index (χ4v) is 2.53. The lowest BCUT2D eigenvalue weighted by Gasteiger charge is -2.15. The van der Waals surface area contributed by atoms with Gasteiger partial charge in [-0.25, -0.2) is 0 Å². The molecule has 0 aliphatic carbocycles. The summed E-state index contributed by atoms with van der Waals surface area (Å²) >= 11 is 0. The minimum absolute atomic E-state index is 0.0647. The third-order valence-corrected chi connectivity index (χ3v) is 3.73. The van der Waals surface area contributed by atoms with Gasteiger partial charge in [0, 0.05) is 29.8 Å². The van der Waals surface area contributed by atoms with Crippen molar-refractivity contribution in [2.24, 2.45) is 0 Å². The van der Waals surface area contributed by atoms with Crippen LogP contribution in [0.1, 0.15) is 41.1 Å². The summed E-state index contributed by atoms with van der Waals surface area (Å²) in [5, 5.41) is 18.3. The number of nitrogens with one attached hydrogen (secondary N) is 1. The molecule has 1 N–H and O–H groups in total. The number of rotatable bonds is 5. The van der Waals surface area contributed by atoms with Gasteiger partial charge in [-0.1, -0.05) is 17.3 Å². The van der Waals surface area contributed by atoms with Gasteiger partial charge in [-0.3, -0.25) is 10.1 Å². The zero-order chi connectivity index (χ0) is 15.6. The van der Waals surface area contributed by atoms with Crippen molar-refractivity contribution in [1.82, 2.24) is 10.5 Å². The number of aryl methyl sites for hydroxylation is 2. The molecule has 2 aromatic rings. The smallest absolute Gasteiger partial charge is 0.272 e. The molecule has 0 radical (unpaired) electrons. The van der Waals surface area contributed by atoms with Gasteiger partial charge in [0.2, 0.25) is 0 Å². The average Bonchev–Trinajstić information content (AvgIpc) is 2.76. The summed E-state index contributed by atoms with van der Waals surface area (Å²) in [5.74, 6) is 0.795. The summed E-state index contributed by atoms with van der Waals surface area (Å²) in [4.78, 5) is 10.6. The van der Waals surface area contributed by atoms with Crippen LogP contribution in [0.4, 0.5) is 5.69 Å². The number of nitro groups is 1. The van der Waals surface area contributed by atoms with Crippen molar-refractivity contribution >= 4 is 5.69 Å². The minimum atomic E-state index is -0.351. The summed E-state index contributed by atoms with van der Waals surface area (Å²) < 4.78 is 5.16. The maximum atomic E-state index is 11.0. The molecule has 1 unspecified atom stereocenters. The predicted molar refractivity (Wildman–Crippen MR) is 79.1 cm³/mol. The molecule has 1 heterocycles. The van der Waals surface area contributed by atoms with Crippen LogP contribution in [0.2, 0.25) is 0 Å². The van der Waals surface area contributed by atoms with Gasteiger partial charge >= 0.3 is 0 Å². The van der Waals surface area contributed by atoms with Crippen molar-refractivity contribution in [3.05, 3.63) is 56.5 Å². The molecule has 1 atom stereocenters. The normalized spacial score (nSPS) is 12.4. The molecular weight excluding hydrogens is 270 g/mol. The van der Waals surface area contributed by atoms with Crippen LogP contribution in [0, 0.1) is 30.9 Å². The van der Waals surface area contributed by atoms with E-state index in [9.17, 15) is 10.1 Å². The molecule has 0 amide bonds. The molecule has 1 aromatic heterocycles. The molecule has 0 aliphatic heterocycles. The molecule has 0 saturated heterocycles. The van der Waals surface area contributed by atoms with E-state index in [1.54, 1.807) is 13.0 Å². The predicted octanol–water partition coefficient (Wildman–Crippen LogP) is 3.36. The molecule has 0 spiro atoms. The zero-order valence-corrected chi connectivity index (χ0v) is 12.6. The van der Waals surface area contributed by atoms with Gasteiger partial charge < -0.3 is 9.84 Å². The fraction of sp³-hybridized carbons (Fsp3) is 0.400. The highest BCUT2D eigenvalue weighted by atomic mass is 16.6. The van der Waals surface area contributed by atoms with Crippen molar-refractivity contribution in [3.8, 4) is 0 Å². The fourth-order valence-electron chi connectivity index (χ4n) is 2.53. The van der Waals surface area contributed by atoms with Crippen molar-refractivity contribution in [2.75, 3.05) is 0 Å². The Morgan fingerprint density at radius 1 is 1.38 bits per heavy atom. The van der Waals surface area contributed by atoms with Crippen LogP contribution >= 0.6 is 0 Å². The van der Waals surface area contributed by atoms with Gasteiger partial charge in [0.1, 0.15) is 5.76 Å². The summed E-state index contributed by atoms with van der Waals surface area (Å²) in [5.41, 5.74) is 3.67. The van der Waals surface area contributed by atoms with Crippen molar-refractivity contribution in [3.63, 3.8) is 0 Å². The van der Waals surface area contributed by atoms with Crippen LogP contribution in [0.3, 0.4) is 0 Å². The van der Waals surface area contributed by atoms with Crippen LogP contribution in [-0.2, 0) is 6.54 Å². The Bertz CT molecular complexity index is 645. The summed E-state index contributed by atoms with van der Waals surface area (Å²) in [6.07, 6.45) is 0. The van der Waals surface area contributed by atoms with E-state index < -0.39 is 0 Å². The van der Waals surface area contributed by atoms with Gasteiger partial charge in [-0.15, -0.1) is 0 Å². The number of hydrogen-bond acceptors (Lipinski definition) is 5. The van der Waals surface area contributed by atoms with Crippen LogP contribution in [0.5, 0.6) is 0 Å². The van der Waals surface area contributed by atoms with Crippen molar-refractivity contribution in [2.45, 2.75) is 40.3 Å². The first-order chi connectivity index (χ1) is 9.91. The third kappa shape index (κ3) is 3.11. The SMILES string of the molecule is Cc1noc(C)c1C(C)NCc1cccc([N+](=O)[O-])c1C. The van der Waals surface area contributed by atoms with E-state index in [-0.39, 0.29) is 16.7 Å². The molecule has 6 heteroatoms. The van der Waals surface area contributed by atoms with E-state index in [1.807, 2.05) is 26.8 Å². The van der Waals surface area contributed by atoms with E-state index in [0.29, 0.717) is 12.1 Å². The molecule has 0 saturated carbocycles. The summed E-state index contributed by atoms with van der Waals surface area (Å²) in [6.45, 7) is 8.14. The van der Waals surface area contributed by atoms with Crippen molar-refractivity contribution in [1.29, 1.82) is 0 Å². The quantitative estimate of drug-likeness (QED) is 0.674. The van der Waals surface area contributed by atoms with Gasteiger partial charge in [0.05, 0.1) is 10.6 Å². The first-order valence-corrected chi connectivity index (χ1v) is 6.80. The highest BCUT2D eigenvalue weighted by molar-refractivity contribution is 5.44. The van der Waals surface area contributed by atoms with Gasteiger partial charge in [-0.2, -0.15) is 0 Å². The average molecular weight is 289 g/mol. The zero-order valence-electron chi connectivity index (χ0n) is 12.6. The Hall–Kier alpha value is -2.21. The maximum absolute atomic E-state index is 11.0. The molecule has 0 fully saturated rings. The van der Waals surface area contributed by atoms with Gasteiger partial charge in [0.15, 0.2) is 0 Å². The van der Waals surface area contributed by atoms with Crippen LogP contribution in [0.15, 0.2) is 22.7 Å². The van der Waals surface area contributed by atoms with E-state index >= 15 is 0 Å². The van der Waals surface area contributed by atoms with Crippen LogP contribution in [0.25, 0.3) is 0 Å². The van der Waals surface area contributed by atoms with E-state index in [4.69, 9.17) is 4.52 Å². The standard InChI is InChI=1S/C15H19N3O3/c1-9-13(6-5-7-14(9)18(19)20)8-16-10(2)15-11(3)17-21-12(15)4/h5-7,10,16H,8H2,1-4H3. The van der Waals surface area contributed by atoms with E-state index in [0.717, 1.165) is 22.6 Å². The highest BCUT2D eigenvalue weighted by Crippen LogP contribution is 2.24. The monoisotopic (exact) mass is 289 g/mol. The lowest BCUT2D eigenvalue weighted by atomic mass is 10.0. The molecule has 112 valence electrons. The minimum Gasteiger partial charge on any atom is -0.361 e. The van der Waals surface area contributed by atoms with E-state index in [1.165, 1.54) is 6.07 Å². The van der Waals surface area contributed by atoms with Crippen molar-refractivity contribution < 1.29 is 9.45 Å². The van der Waals surface area contributed by atoms with E-state index in [2.05, 4.69) is 10.5 Å². The first-order valence-electron chi connectivity index (χ1n) is 6.80. The van der Waals surface area contributed by atoms with Crippen LogP contribution < -0.4 is 5.32 Å². The number of nitro benzene ring substituents is 1. The van der Waals surface area contributed by atoms with Gasteiger partial charge in [0.25, 0.3) is 5.69 Å². The second-order valence-electron chi connectivity index (χ2n) is 5.16. The molecule has 6 nitrogen and oxygen atoms in total. The maximum Gasteiger partial charge on any atom is 0.272 e. The Balaban J connectivity index is 2.14. The summed E-state index contributed by atoms with van der Waals surface area (Å²) in [6, 6.07) is 5.20. The molecule has 0 aliphatic rings. The molecule has 2 rings (SSSR count). The molecule has 21 heavy (non-hydrogen) atoms. The molecule has 0 bridgehead atoms. The number of aromatic nitrogens is 1. The van der Waals surface area contributed by atoms with Gasteiger partial charge in [-0.05, 0) is 33.3 Å². The third-order valence-electron chi connectivity index (χ3n) is 3.73. The number of hydrogen-bond donors (Lipinski definition) is 1. The molecular formula is C15H19N3O3. The lowest BCUT2D eigenvalue weighted by molar-refractivity contribution is -0.385.